The van der Waals surface area contributed by atoms with Crippen LogP contribution in [0.5, 0.6) is 5.75 Å². The molecule has 0 radical (unpaired) electrons. The number of nitrogens with zero attached hydrogens (tertiary/aromatic N) is 6. The maximum absolute atomic E-state index is 13.1. The van der Waals surface area contributed by atoms with Crippen molar-refractivity contribution in [2.24, 2.45) is 10.3 Å². The predicted molar refractivity (Wildman–Crippen MR) is 108 cm³/mol. The molecule has 5 rings (SSSR count). The Morgan fingerprint density at radius 3 is 2.77 bits per heavy atom. The molecule has 0 N–H and O–H groups in total. The summed E-state index contributed by atoms with van der Waals surface area (Å²) in [4.78, 5) is 31.4. The highest BCUT2D eigenvalue weighted by Gasteiger charge is 2.55. The second kappa shape index (κ2) is 7.47. The number of halogens is 1. The zero-order valence-electron chi connectivity index (χ0n) is 16.2. The first kappa shape index (κ1) is 19.2. The molecule has 156 valence electrons. The summed E-state index contributed by atoms with van der Waals surface area (Å²) in [7, 11) is 1.51. The Bertz CT molecular complexity index is 1210. The van der Waals surface area contributed by atoms with Gasteiger partial charge < -0.3 is 9.26 Å². The molecule has 1 fully saturated rings. The van der Waals surface area contributed by atoms with Crippen molar-refractivity contribution in [2.45, 2.75) is 18.6 Å². The molecule has 31 heavy (non-hydrogen) atoms. The number of benzene rings is 2. The number of aromatic nitrogens is 2. The number of carbonyl (C=O) groups excluding carboxylic acids is 2. The smallest absolute Gasteiger partial charge is 0.263 e. The fourth-order valence-electron chi connectivity index (χ4n) is 3.56. The van der Waals surface area contributed by atoms with Crippen molar-refractivity contribution < 1.29 is 18.8 Å². The Morgan fingerprint density at radius 2 is 1.97 bits per heavy atom. The van der Waals surface area contributed by atoms with E-state index in [0.29, 0.717) is 27.8 Å². The fourth-order valence-corrected chi connectivity index (χ4v) is 3.75. The first-order valence-electron chi connectivity index (χ1n) is 9.33. The van der Waals surface area contributed by atoms with Crippen LogP contribution < -0.4 is 9.64 Å². The van der Waals surface area contributed by atoms with E-state index in [9.17, 15) is 9.59 Å². The van der Waals surface area contributed by atoms with Gasteiger partial charge >= 0.3 is 0 Å². The third-order valence-electron chi connectivity index (χ3n) is 5.02. The summed E-state index contributed by atoms with van der Waals surface area (Å²) in [5, 5.41) is 13.9. The minimum atomic E-state index is -0.922. The number of hydrogen-bond donors (Lipinski definition) is 0. The third kappa shape index (κ3) is 3.30. The molecule has 3 aromatic rings. The highest BCUT2D eigenvalue weighted by atomic mass is 35.5. The molecule has 2 amide bonds. The normalized spacial score (nSPS) is 19.9. The van der Waals surface area contributed by atoms with Gasteiger partial charge in [0.2, 0.25) is 11.7 Å². The average Bonchev–Trinajstić information content (AvgIpc) is 3.47. The molecule has 1 aromatic heterocycles. The Kier molecular flexibility index (Phi) is 4.63. The van der Waals surface area contributed by atoms with Crippen LogP contribution >= 0.6 is 11.6 Å². The van der Waals surface area contributed by atoms with Gasteiger partial charge in [-0.1, -0.05) is 40.2 Å². The first-order chi connectivity index (χ1) is 15.0. The summed E-state index contributed by atoms with van der Waals surface area (Å²) in [6.45, 7) is 0.0310. The van der Waals surface area contributed by atoms with Gasteiger partial charge in [-0.15, -0.1) is 0 Å². The molecule has 2 aromatic carbocycles. The monoisotopic (exact) mass is 438 g/mol. The van der Waals surface area contributed by atoms with Crippen LogP contribution in [-0.2, 0) is 16.1 Å². The van der Waals surface area contributed by atoms with Crippen LogP contribution in [0.2, 0.25) is 5.02 Å². The van der Waals surface area contributed by atoms with Gasteiger partial charge in [0, 0.05) is 16.7 Å². The van der Waals surface area contributed by atoms with Crippen LogP contribution in [-0.4, -0.2) is 46.2 Å². The highest BCUT2D eigenvalue weighted by molar-refractivity contribution is 6.30. The Hall–Kier alpha value is -3.79. The minimum Gasteiger partial charge on any atom is -0.497 e. The van der Waals surface area contributed by atoms with E-state index in [0.717, 1.165) is 4.90 Å². The van der Waals surface area contributed by atoms with Gasteiger partial charge in [0.05, 0.1) is 12.8 Å². The van der Waals surface area contributed by atoms with Gasteiger partial charge in [0.25, 0.3) is 11.8 Å². The largest absolute Gasteiger partial charge is 0.497 e. The minimum absolute atomic E-state index is 0.0310. The average molecular weight is 439 g/mol. The van der Waals surface area contributed by atoms with E-state index in [1.54, 1.807) is 48.5 Å². The lowest BCUT2D eigenvalue weighted by atomic mass is 10.1. The number of methoxy groups -OCH3 is 1. The summed E-state index contributed by atoms with van der Waals surface area (Å²) in [5.41, 5.74) is 1.11. The van der Waals surface area contributed by atoms with Crippen molar-refractivity contribution in [3.05, 3.63) is 59.4 Å². The van der Waals surface area contributed by atoms with Crippen molar-refractivity contribution in [1.82, 2.24) is 15.1 Å². The second-order valence-electron chi connectivity index (χ2n) is 6.93. The van der Waals surface area contributed by atoms with E-state index in [1.807, 2.05) is 0 Å². The van der Waals surface area contributed by atoms with E-state index in [4.69, 9.17) is 20.9 Å². The van der Waals surface area contributed by atoms with Crippen LogP contribution in [0, 0.1) is 0 Å². The van der Waals surface area contributed by atoms with Crippen LogP contribution in [0.1, 0.15) is 5.89 Å². The number of hydrogen-bond acceptors (Lipinski definition) is 9. The van der Waals surface area contributed by atoms with Crippen molar-refractivity contribution in [3.8, 4) is 17.1 Å². The van der Waals surface area contributed by atoms with E-state index >= 15 is 0 Å². The summed E-state index contributed by atoms with van der Waals surface area (Å²) < 4.78 is 10.5. The van der Waals surface area contributed by atoms with Crippen LogP contribution in [0.25, 0.3) is 11.4 Å². The molecular weight excluding hydrogens is 424 g/mol. The van der Waals surface area contributed by atoms with Gasteiger partial charge in [0.1, 0.15) is 12.3 Å². The number of carbonyl (C=O) groups is 2. The number of imide groups is 1. The summed E-state index contributed by atoms with van der Waals surface area (Å²) in [6, 6.07) is 12.0. The molecule has 1 saturated heterocycles. The maximum atomic E-state index is 13.1. The zero-order valence-corrected chi connectivity index (χ0v) is 16.9. The second-order valence-corrected chi connectivity index (χ2v) is 7.36. The number of rotatable bonds is 5. The zero-order chi connectivity index (χ0) is 21.5. The molecule has 3 heterocycles. The van der Waals surface area contributed by atoms with Crippen LogP contribution in [0.15, 0.2) is 63.4 Å². The van der Waals surface area contributed by atoms with Gasteiger partial charge in [-0.2, -0.15) is 10.1 Å². The summed E-state index contributed by atoms with van der Waals surface area (Å²) >= 11 is 6.01. The van der Waals surface area contributed by atoms with E-state index in [1.165, 1.54) is 12.1 Å². The molecule has 2 aliphatic heterocycles. The molecule has 10 nitrogen and oxygen atoms in total. The molecule has 0 spiro atoms. The number of fused-ring (bicyclic) bond motifs is 1. The van der Waals surface area contributed by atoms with Gasteiger partial charge in [-0.3, -0.25) is 14.6 Å². The Labute approximate surface area is 181 Å². The van der Waals surface area contributed by atoms with E-state index in [2.05, 4.69) is 20.5 Å². The van der Waals surface area contributed by atoms with Crippen LogP contribution in [0.3, 0.4) is 0 Å². The molecule has 11 heteroatoms. The maximum Gasteiger partial charge on any atom is 0.263 e. The lowest BCUT2D eigenvalue weighted by Crippen LogP contribution is -2.39. The molecular formula is C20H15ClN6O4. The molecule has 2 aliphatic rings. The number of anilines is 1. The van der Waals surface area contributed by atoms with Gasteiger partial charge in [-0.05, 0) is 24.3 Å². The van der Waals surface area contributed by atoms with E-state index < -0.39 is 23.9 Å². The van der Waals surface area contributed by atoms with E-state index in [-0.39, 0.29) is 12.4 Å². The number of amides is 2. The SMILES string of the molecule is COc1cccc(N2C(=O)[C@H]3N=NN(Cc4nc(-c5cccc(Cl)c5)no4)[C@H]3C2=O)c1. The first-order valence-corrected chi connectivity index (χ1v) is 9.71. The molecule has 0 saturated carbocycles. The predicted octanol–water partition coefficient (Wildman–Crippen LogP) is 2.89. The van der Waals surface area contributed by atoms with Crippen molar-refractivity contribution in [3.63, 3.8) is 0 Å². The molecule has 2 atom stereocenters. The van der Waals surface area contributed by atoms with Gasteiger partial charge in [-0.25, -0.2) is 4.90 Å². The molecule has 0 bridgehead atoms. The Balaban J connectivity index is 1.37. The molecule has 0 aliphatic carbocycles. The van der Waals surface area contributed by atoms with Crippen molar-refractivity contribution >= 4 is 29.1 Å². The summed E-state index contributed by atoms with van der Waals surface area (Å²) in [5.74, 6) is 0.252. The number of ether oxygens (including phenoxy) is 1. The highest BCUT2D eigenvalue weighted by Crippen LogP contribution is 2.34. The topological polar surface area (TPSA) is 113 Å². The Morgan fingerprint density at radius 1 is 1.13 bits per heavy atom. The lowest BCUT2D eigenvalue weighted by molar-refractivity contribution is -0.123. The summed E-state index contributed by atoms with van der Waals surface area (Å²) in [6.07, 6.45) is 0. The standard InChI is InChI=1S/C20H15ClN6O4/c1-30-14-7-3-6-13(9-14)27-19(28)16-17(20(27)29)26(25-23-16)10-15-22-18(24-31-15)11-4-2-5-12(21)8-11/h2-9,16-17H,10H2,1H3/t16-,17+/m0/s1. The van der Waals surface area contributed by atoms with Crippen molar-refractivity contribution in [1.29, 1.82) is 0 Å². The van der Waals surface area contributed by atoms with Gasteiger partial charge in [0.15, 0.2) is 12.1 Å². The molecule has 0 unspecified atom stereocenters. The quantitative estimate of drug-likeness (QED) is 0.562. The van der Waals surface area contributed by atoms with Crippen LogP contribution in [0.4, 0.5) is 5.69 Å². The van der Waals surface area contributed by atoms with Crippen molar-refractivity contribution in [2.75, 3.05) is 12.0 Å². The third-order valence-corrected chi connectivity index (χ3v) is 5.25. The lowest BCUT2D eigenvalue weighted by Gasteiger charge is -2.19. The fraction of sp³-hybridized carbons (Fsp3) is 0.200.